The summed E-state index contributed by atoms with van der Waals surface area (Å²) >= 11 is 6.07. The molecule has 0 saturated carbocycles. The lowest BCUT2D eigenvalue weighted by molar-refractivity contribution is -0.147. The highest BCUT2D eigenvalue weighted by molar-refractivity contribution is 6.30. The van der Waals surface area contributed by atoms with Crippen molar-refractivity contribution < 1.29 is 27.5 Å². The molecule has 1 aliphatic rings. The molecule has 0 spiro atoms. The Morgan fingerprint density at radius 3 is 2.28 bits per heavy atom. The van der Waals surface area contributed by atoms with Crippen LogP contribution in [0.5, 0.6) is 0 Å². The lowest BCUT2D eigenvalue weighted by atomic mass is 9.78. The number of rotatable bonds is 3. The predicted molar refractivity (Wildman–Crippen MR) is 115 cm³/mol. The Morgan fingerprint density at radius 2 is 1.72 bits per heavy atom. The van der Waals surface area contributed by atoms with Crippen LogP contribution < -0.4 is 0 Å². The van der Waals surface area contributed by atoms with Crippen molar-refractivity contribution in [2.45, 2.75) is 44.9 Å². The van der Waals surface area contributed by atoms with Gasteiger partial charge in [0.2, 0.25) is 5.91 Å². The Morgan fingerprint density at radius 1 is 1.06 bits per heavy atom. The number of hydrogen-bond donors (Lipinski definition) is 0. The molecule has 0 saturated heterocycles. The molecule has 2 atom stereocenters. The second-order valence-corrected chi connectivity index (χ2v) is 9.02. The largest absolute Gasteiger partial charge is 0.443 e. The molecule has 170 valence electrons. The van der Waals surface area contributed by atoms with E-state index in [1.54, 1.807) is 48.5 Å². The standard InChI is InChI=1S/C24H23ClF3NO3/c1-23(2,3)32-22(31)29-20(24(26,27)28)14-18(16-10-7-11-17(25)13-16)19(21(29)30)12-15-8-5-4-6-9-15/h4-11,13-14,18-19H,12H2,1-3H3/t18-,19+/m1/s1. The van der Waals surface area contributed by atoms with Crippen LogP contribution in [0, 0.1) is 5.92 Å². The molecule has 0 N–H and O–H groups in total. The predicted octanol–water partition coefficient (Wildman–Crippen LogP) is 6.51. The second kappa shape index (κ2) is 8.98. The van der Waals surface area contributed by atoms with E-state index in [0.29, 0.717) is 10.6 Å². The van der Waals surface area contributed by atoms with Crippen molar-refractivity contribution in [3.63, 3.8) is 0 Å². The summed E-state index contributed by atoms with van der Waals surface area (Å²) in [6, 6.07) is 15.3. The molecule has 2 aromatic rings. The van der Waals surface area contributed by atoms with E-state index in [4.69, 9.17) is 16.3 Å². The summed E-state index contributed by atoms with van der Waals surface area (Å²) in [4.78, 5) is 26.3. The monoisotopic (exact) mass is 465 g/mol. The number of hydrogen-bond acceptors (Lipinski definition) is 3. The number of alkyl halides is 3. The number of halogens is 4. The summed E-state index contributed by atoms with van der Waals surface area (Å²) in [5, 5.41) is 0.338. The highest BCUT2D eigenvalue weighted by atomic mass is 35.5. The van der Waals surface area contributed by atoms with Crippen molar-refractivity contribution in [1.82, 2.24) is 4.90 Å². The molecule has 0 bridgehead atoms. The molecule has 32 heavy (non-hydrogen) atoms. The molecule has 3 rings (SSSR count). The van der Waals surface area contributed by atoms with Crippen LogP contribution in [0.4, 0.5) is 18.0 Å². The zero-order valence-electron chi connectivity index (χ0n) is 17.8. The average molecular weight is 466 g/mol. The zero-order valence-corrected chi connectivity index (χ0v) is 18.6. The van der Waals surface area contributed by atoms with Gasteiger partial charge in [0.1, 0.15) is 11.3 Å². The van der Waals surface area contributed by atoms with Crippen LogP contribution in [0.2, 0.25) is 5.02 Å². The highest BCUT2D eigenvalue weighted by Gasteiger charge is 2.51. The molecule has 0 radical (unpaired) electrons. The lowest BCUT2D eigenvalue weighted by Crippen LogP contribution is -2.50. The van der Waals surface area contributed by atoms with E-state index in [2.05, 4.69) is 0 Å². The number of carbonyl (C=O) groups is 2. The maximum atomic E-state index is 14.0. The zero-order chi connectivity index (χ0) is 23.7. The number of carbonyl (C=O) groups excluding carboxylic acids is 2. The van der Waals surface area contributed by atoms with Gasteiger partial charge in [0.05, 0.1) is 5.92 Å². The van der Waals surface area contributed by atoms with Crippen LogP contribution in [0.25, 0.3) is 0 Å². The van der Waals surface area contributed by atoms with Crippen LogP contribution >= 0.6 is 11.6 Å². The van der Waals surface area contributed by atoms with Crippen molar-refractivity contribution in [1.29, 1.82) is 0 Å². The Bertz CT molecular complexity index is 1030. The van der Waals surface area contributed by atoms with Crippen molar-refractivity contribution in [2.75, 3.05) is 0 Å². The van der Waals surface area contributed by atoms with Crippen LogP contribution in [0.1, 0.15) is 37.8 Å². The second-order valence-electron chi connectivity index (χ2n) is 8.58. The van der Waals surface area contributed by atoms with Gasteiger partial charge in [0.25, 0.3) is 0 Å². The van der Waals surface area contributed by atoms with E-state index < -0.39 is 41.3 Å². The van der Waals surface area contributed by atoms with Gasteiger partial charge in [0.15, 0.2) is 0 Å². The van der Waals surface area contributed by atoms with E-state index in [1.807, 2.05) is 0 Å². The van der Waals surface area contributed by atoms with Gasteiger partial charge >= 0.3 is 12.3 Å². The van der Waals surface area contributed by atoms with Crippen molar-refractivity contribution in [3.8, 4) is 0 Å². The molecule has 1 aliphatic heterocycles. The molecule has 2 aromatic carbocycles. The summed E-state index contributed by atoms with van der Waals surface area (Å²) < 4.78 is 47.1. The Hall–Kier alpha value is -2.80. The summed E-state index contributed by atoms with van der Waals surface area (Å²) in [5.41, 5.74) is -1.22. The fourth-order valence-corrected chi connectivity index (χ4v) is 3.84. The van der Waals surface area contributed by atoms with Gasteiger partial charge in [-0.05, 0) is 56.5 Å². The first-order valence-corrected chi connectivity index (χ1v) is 10.4. The normalized spacial score (nSPS) is 19.5. The molecule has 0 unspecified atom stereocenters. The van der Waals surface area contributed by atoms with Crippen LogP contribution in [0.3, 0.4) is 0 Å². The highest BCUT2D eigenvalue weighted by Crippen LogP contribution is 2.42. The molecular weight excluding hydrogens is 443 g/mol. The Balaban J connectivity index is 2.15. The fraction of sp³-hybridized carbons (Fsp3) is 0.333. The van der Waals surface area contributed by atoms with Crippen LogP contribution in [0.15, 0.2) is 66.4 Å². The first kappa shape index (κ1) is 23.9. The molecule has 4 nitrogen and oxygen atoms in total. The number of benzene rings is 2. The topological polar surface area (TPSA) is 46.6 Å². The van der Waals surface area contributed by atoms with Gasteiger partial charge in [-0.25, -0.2) is 9.69 Å². The molecular formula is C24H23ClF3NO3. The minimum absolute atomic E-state index is 0.125. The number of ether oxygens (including phenoxy) is 1. The summed E-state index contributed by atoms with van der Waals surface area (Å²) in [6.07, 6.45) is -5.24. The van der Waals surface area contributed by atoms with Gasteiger partial charge in [-0.15, -0.1) is 0 Å². The number of allylic oxidation sites excluding steroid dienone is 2. The Labute approximate surface area is 189 Å². The molecule has 2 amide bonds. The van der Waals surface area contributed by atoms with Gasteiger partial charge in [-0.2, -0.15) is 13.2 Å². The summed E-state index contributed by atoms with van der Waals surface area (Å²) in [6.45, 7) is 4.56. The molecule has 1 heterocycles. The van der Waals surface area contributed by atoms with Crippen LogP contribution in [-0.4, -0.2) is 28.7 Å². The maximum absolute atomic E-state index is 14.0. The quantitative estimate of drug-likeness (QED) is 0.519. The number of imide groups is 1. The van der Waals surface area contributed by atoms with Gasteiger partial charge in [-0.3, -0.25) is 4.79 Å². The molecule has 0 fully saturated rings. The third-order valence-corrected chi connectivity index (χ3v) is 5.18. The van der Waals surface area contributed by atoms with Gasteiger partial charge in [0, 0.05) is 10.9 Å². The third-order valence-electron chi connectivity index (χ3n) is 4.95. The fourth-order valence-electron chi connectivity index (χ4n) is 3.64. The van der Waals surface area contributed by atoms with Gasteiger partial charge < -0.3 is 4.74 Å². The molecule has 0 aromatic heterocycles. The van der Waals surface area contributed by atoms with E-state index in [0.717, 1.165) is 11.6 Å². The minimum Gasteiger partial charge on any atom is -0.443 e. The van der Waals surface area contributed by atoms with Crippen molar-refractivity contribution in [3.05, 3.63) is 82.5 Å². The van der Waals surface area contributed by atoms with Gasteiger partial charge in [-0.1, -0.05) is 54.1 Å². The number of amides is 2. The average Bonchev–Trinajstić information content (AvgIpc) is 2.67. The molecule has 8 heteroatoms. The minimum atomic E-state index is -4.94. The van der Waals surface area contributed by atoms with Crippen molar-refractivity contribution >= 4 is 23.6 Å². The number of nitrogens with zero attached hydrogens (tertiary/aromatic N) is 1. The van der Waals surface area contributed by atoms with Crippen molar-refractivity contribution in [2.24, 2.45) is 5.92 Å². The van der Waals surface area contributed by atoms with E-state index in [1.165, 1.54) is 26.8 Å². The lowest BCUT2D eigenvalue weighted by Gasteiger charge is -2.37. The Kier molecular flexibility index (Phi) is 6.69. The first-order valence-electron chi connectivity index (χ1n) is 10.0. The first-order chi connectivity index (χ1) is 14.9. The molecule has 0 aliphatic carbocycles. The van der Waals surface area contributed by atoms with Crippen LogP contribution in [-0.2, 0) is 16.0 Å². The van der Waals surface area contributed by atoms with E-state index >= 15 is 0 Å². The summed E-state index contributed by atoms with van der Waals surface area (Å²) in [7, 11) is 0. The summed E-state index contributed by atoms with van der Waals surface area (Å²) in [5.74, 6) is -2.87. The van der Waals surface area contributed by atoms with E-state index in [9.17, 15) is 22.8 Å². The smallest absolute Gasteiger partial charge is 0.431 e. The maximum Gasteiger partial charge on any atom is 0.431 e. The SMILES string of the molecule is CC(C)(C)OC(=O)N1C(=O)[C@@H](Cc2ccccc2)[C@@H](c2cccc(Cl)c2)C=C1C(F)(F)F. The van der Waals surface area contributed by atoms with E-state index in [-0.39, 0.29) is 11.3 Å². The third kappa shape index (κ3) is 5.51.